The highest BCUT2D eigenvalue weighted by Crippen LogP contribution is 2.31. The second-order valence-electron chi connectivity index (χ2n) is 6.66. The fourth-order valence-corrected chi connectivity index (χ4v) is 2.90. The summed E-state index contributed by atoms with van der Waals surface area (Å²) in [6, 6.07) is 12.7. The summed E-state index contributed by atoms with van der Waals surface area (Å²) < 4.78 is 41.3. The van der Waals surface area contributed by atoms with E-state index in [0.717, 1.165) is 23.8 Å². The molecule has 170 valence electrons. The van der Waals surface area contributed by atoms with E-state index in [1.165, 1.54) is 6.07 Å². The number of aromatic nitrogens is 1. The van der Waals surface area contributed by atoms with E-state index in [9.17, 15) is 27.6 Å². The quantitative estimate of drug-likeness (QED) is 0.340. The van der Waals surface area contributed by atoms with Crippen molar-refractivity contribution in [3.8, 4) is 16.9 Å². The molecule has 2 aromatic carbocycles. The molecule has 8 nitrogen and oxygen atoms in total. The van der Waals surface area contributed by atoms with Crippen molar-refractivity contribution in [3.63, 3.8) is 0 Å². The van der Waals surface area contributed by atoms with Gasteiger partial charge in [-0.25, -0.2) is 4.79 Å². The van der Waals surface area contributed by atoms with Crippen molar-refractivity contribution in [2.75, 3.05) is 10.6 Å². The predicted molar refractivity (Wildman–Crippen MR) is 112 cm³/mol. The van der Waals surface area contributed by atoms with Crippen LogP contribution in [0.2, 0.25) is 0 Å². The number of rotatable bonds is 7. The largest absolute Gasteiger partial charge is 0.573 e. The van der Waals surface area contributed by atoms with E-state index in [-0.39, 0.29) is 16.9 Å². The third kappa shape index (κ3) is 6.79. The van der Waals surface area contributed by atoms with Gasteiger partial charge in [-0.05, 0) is 29.8 Å². The SMILES string of the molecule is O=C(O)Nc1ccc(OC(F)(F)F)cc1NC(=O)CC(=O)c1cccc(-c2cccnc2)c1. The number of amides is 2. The zero-order chi connectivity index (χ0) is 24.0. The van der Waals surface area contributed by atoms with E-state index < -0.39 is 36.3 Å². The number of nitrogens with zero attached hydrogens (tertiary/aromatic N) is 1. The van der Waals surface area contributed by atoms with Crippen molar-refractivity contribution >= 4 is 29.2 Å². The first-order valence-corrected chi connectivity index (χ1v) is 9.34. The second kappa shape index (κ2) is 9.81. The molecule has 11 heteroatoms. The molecular formula is C22H16F3N3O5. The number of anilines is 2. The maximum absolute atomic E-state index is 12.6. The van der Waals surface area contributed by atoms with Crippen LogP contribution in [0.25, 0.3) is 11.1 Å². The van der Waals surface area contributed by atoms with Gasteiger partial charge in [0.25, 0.3) is 0 Å². The third-order valence-electron chi connectivity index (χ3n) is 4.24. The van der Waals surface area contributed by atoms with Gasteiger partial charge in [-0.3, -0.25) is 19.9 Å². The molecule has 33 heavy (non-hydrogen) atoms. The molecule has 0 spiro atoms. The van der Waals surface area contributed by atoms with Crippen LogP contribution in [0, 0.1) is 0 Å². The molecule has 0 aliphatic rings. The number of pyridine rings is 1. The number of nitrogens with one attached hydrogen (secondary N) is 2. The molecular weight excluding hydrogens is 443 g/mol. The van der Waals surface area contributed by atoms with Gasteiger partial charge in [0.15, 0.2) is 5.78 Å². The Hall–Kier alpha value is -4.41. The number of alkyl halides is 3. The average Bonchev–Trinajstić information content (AvgIpc) is 2.75. The average molecular weight is 459 g/mol. The van der Waals surface area contributed by atoms with Crippen molar-refractivity contribution in [2.45, 2.75) is 12.8 Å². The summed E-state index contributed by atoms with van der Waals surface area (Å²) in [5.74, 6) is -2.08. The number of Topliss-reactive ketones (excluding diaryl/α,β-unsaturated/α-hetero) is 1. The smallest absolute Gasteiger partial charge is 0.465 e. The van der Waals surface area contributed by atoms with Crippen LogP contribution in [-0.2, 0) is 4.79 Å². The highest BCUT2D eigenvalue weighted by Gasteiger charge is 2.31. The Labute approximate surface area is 185 Å². The molecule has 0 radical (unpaired) electrons. The normalized spacial score (nSPS) is 10.9. The zero-order valence-electron chi connectivity index (χ0n) is 16.7. The van der Waals surface area contributed by atoms with Crippen LogP contribution in [0.5, 0.6) is 5.75 Å². The number of halogens is 3. The van der Waals surface area contributed by atoms with Crippen LogP contribution in [0.15, 0.2) is 67.0 Å². The van der Waals surface area contributed by atoms with Crippen LogP contribution in [0.4, 0.5) is 29.3 Å². The summed E-state index contributed by atoms with van der Waals surface area (Å²) in [5, 5.41) is 13.1. The van der Waals surface area contributed by atoms with Crippen LogP contribution < -0.4 is 15.4 Å². The molecule has 0 bridgehead atoms. The van der Waals surface area contributed by atoms with Gasteiger partial charge in [-0.15, -0.1) is 13.2 Å². The Morgan fingerprint density at radius 2 is 1.70 bits per heavy atom. The van der Waals surface area contributed by atoms with Crippen LogP contribution >= 0.6 is 0 Å². The first kappa shape index (κ1) is 23.3. The Balaban J connectivity index is 1.76. The van der Waals surface area contributed by atoms with Gasteiger partial charge >= 0.3 is 12.5 Å². The van der Waals surface area contributed by atoms with Crippen LogP contribution in [0.1, 0.15) is 16.8 Å². The van der Waals surface area contributed by atoms with Crippen molar-refractivity contribution in [1.82, 2.24) is 4.98 Å². The number of carbonyl (C=O) groups excluding carboxylic acids is 2. The van der Waals surface area contributed by atoms with Crippen molar-refractivity contribution in [1.29, 1.82) is 0 Å². The molecule has 0 unspecified atom stereocenters. The third-order valence-corrected chi connectivity index (χ3v) is 4.24. The molecule has 3 N–H and O–H groups in total. The highest BCUT2D eigenvalue weighted by molar-refractivity contribution is 6.12. The highest BCUT2D eigenvalue weighted by atomic mass is 19.4. The summed E-state index contributed by atoms with van der Waals surface area (Å²) in [5.41, 5.74) is 1.21. The molecule has 0 aliphatic heterocycles. The first-order valence-electron chi connectivity index (χ1n) is 9.34. The number of carbonyl (C=O) groups is 3. The maximum Gasteiger partial charge on any atom is 0.573 e. The molecule has 3 rings (SSSR count). The number of benzene rings is 2. The molecule has 0 saturated carbocycles. The minimum absolute atomic E-state index is 0.198. The lowest BCUT2D eigenvalue weighted by atomic mass is 10.0. The lowest BCUT2D eigenvalue weighted by Crippen LogP contribution is -2.20. The van der Waals surface area contributed by atoms with Crippen molar-refractivity contribution < 1.29 is 37.4 Å². The summed E-state index contributed by atoms with van der Waals surface area (Å²) in [6.07, 6.45) is -3.90. The van der Waals surface area contributed by atoms with E-state index in [1.807, 2.05) is 5.32 Å². The van der Waals surface area contributed by atoms with Crippen molar-refractivity contribution in [2.24, 2.45) is 0 Å². The molecule has 0 atom stereocenters. The molecule has 3 aromatic rings. The summed E-state index contributed by atoms with van der Waals surface area (Å²) in [7, 11) is 0. The first-order chi connectivity index (χ1) is 15.6. The van der Waals surface area contributed by atoms with Crippen LogP contribution in [0.3, 0.4) is 0 Å². The van der Waals surface area contributed by atoms with E-state index in [4.69, 9.17) is 5.11 Å². The molecule has 1 heterocycles. The molecule has 0 aliphatic carbocycles. The number of ketones is 1. The molecule has 1 aromatic heterocycles. The van der Waals surface area contributed by atoms with E-state index >= 15 is 0 Å². The number of carboxylic acid groups (broad SMARTS) is 1. The van der Waals surface area contributed by atoms with E-state index in [0.29, 0.717) is 5.56 Å². The standard InChI is InChI=1S/C22H16F3N3O5/c23-22(24,25)33-16-6-7-17(28-21(31)32)18(10-16)27-20(30)11-19(29)14-4-1-3-13(9-14)15-5-2-8-26-12-15/h1-10,12,28H,11H2,(H,27,30)(H,31,32). The minimum atomic E-state index is -4.99. The van der Waals surface area contributed by atoms with Gasteiger partial charge in [0.1, 0.15) is 5.75 Å². The van der Waals surface area contributed by atoms with E-state index in [2.05, 4.69) is 15.0 Å². The summed E-state index contributed by atoms with van der Waals surface area (Å²) in [6.45, 7) is 0. The Bertz CT molecular complexity index is 1180. The lowest BCUT2D eigenvalue weighted by Gasteiger charge is -2.14. The molecule has 2 amide bonds. The number of hydrogen-bond donors (Lipinski definition) is 3. The fraction of sp³-hybridized carbons (Fsp3) is 0.0909. The van der Waals surface area contributed by atoms with Gasteiger partial charge in [-0.2, -0.15) is 0 Å². The number of ether oxygens (including phenoxy) is 1. The Kier molecular flexibility index (Phi) is 6.91. The second-order valence-corrected chi connectivity index (χ2v) is 6.66. The minimum Gasteiger partial charge on any atom is -0.465 e. The molecule has 0 fully saturated rings. The van der Waals surface area contributed by atoms with Gasteiger partial charge < -0.3 is 15.2 Å². The maximum atomic E-state index is 12.6. The Morgan fingerprint density at radius 3 is 2.36 bits per heavy atom. The zero-order valence-corrected chi connectivity index (χ0v) is 16.7. The lowest BCUT2D eigenvalue weighted by molar-refractivity contribution is -0.274. The number of hydrogen-bond acceptors (Lipinski definition) is 5. The Morgan fingerprint density at radius 1 is 0.939 bits per heavy atom. The summed E-state index contributed by atoms with van der Waals surface area (Å²) >= 11 is 0. The van der Waals surface area contributed by atoms with Gasteiger partial charge in [0, 0.05) is 29.6 Å². The van der Waals surface area contributed by atoms with Gasteiger partial charge in [0.2, 0.25) is 5.91 Å². The van der Waals surface area contributed by atoms with Gasteiger partial charge in [-0.1, -0.05) is 24.3 Å². The van der Waals surface area contributed by atoms with Gasteiger partial charge in [0.05, 0.1) is 17.8 Å². The topological polar surface area (TPSA) is 118 Å². The molecule has 0 saturated heterocycles. The van der Waals surface area contributed by atoms with Crippen molar-refractivity contribution in [3.05, 3.63) is 72.6 Å². The summed E-state index contributed by atoms with van der Waals surface area (Å²) in [4.78, 5) is 39.9. The fourth-order valence-electron chi connectivity index (χ4n) is 2.90. The predicted octanol–water partition coefficient (Wildman–Crippen LogP) is 4.95. The van der Waals surface area contributed by atoms with E-state index in [1.54, 1.807) is 42.7 Å². The van der Waals surface area contributed by atoms with Crippen LogP contribution in [-0.4, -0.2) is 34.2 Å². The monoisotopic (exact) mass is 459 g/mol.